The van der Waals surface area contributed by atoms with Crippen LogP contribution in [0.1, 0.15) is 52.9 Å². The van der Waals surface area contributed by atoms with Gasteiger partial charge in [0, 0.05) is 6.04 Å². The van der Waals surface area contributed by atoms with Crippen LogP contribution in [-0.2, 0) is 0 Å². The van der Waals surface area contributed by atoms with Crippen LogP contribution < -0.4 is 5.73 Å². The molecule has 0 heterocycles. The molecule has 72 valence electrons. The minimum absolute atomic E-state index is 0.474. The van der Waals surface area contributed by atoms with Gasteiger partial charge in [0.1, 0.15) is 0 Å². The normalized spacial score (nSPS) is 34.0. The Kier molecular flexibility index (Phi) is 3.16. The second kappa shape index (κ2) is 3.78. The Morgan fingerprint density at radius 1 is 1.42 bits per heavy atom. The van der Waals surface area contributed by atoms with Gasteiger partial charge in [0.2, 0.25) is 0 Å². The highest BCUT2D eigenvalue weighted by atomic mass is 14.7. The standard InChI is InChI=1S/C11H23N/c1-4-5-6-9-7-10(12)8-11(9,2)3/h9-10H,4-8,12H2,1-3H3. The molecule has 2 N–H and O–H groups in total. The van der Waals surface area contributed by atoms with Gasteiger partial charge in [0.25, 0.3) is 0 Å². The van der Waals surface area contributed by atoms with Gasteiger partial charge < -0.3 is 5.73 Å². The minimum Gasteiger partial charge on any atom is -0.328 e. The second-order valence-corrected chi connectivity index (χ2v) is 5.03. The molecule has 1 aliphatic carbocycles. The van der Waals surface area contributed by atoms with Gasteiger partial charge in [-0.25, -0.2) is 0 Å². The van der Waals surface area contributed by atoms with Crippen LogP contribution in [0.15, 0.2) is 0 Å². The average molecular weight is 169 g/mol. The van der Waals surface area contributed by atoms with E-state index in [0.717, 1.165) is 5.92 Å². The van der Waals surface area contributed by atoms with Gasteiger partial charge in [-0.3, -0.25) is 0 Å². The maximum Gasteiger partial charge on any atom is 0.00468 e. The summed E-state index contributed by atoms with van der Waals surface area (Å²) in [6.07, 6.45) is 6.56. The van der Waals surface area contributed by atoms with Crippen molar-refractivity contribution in [1.29, 1.82) is 0 Å². The zero-order chi connectivity index (χ0) is 9.19. The van der Waals surface area contributed by atoms with Gasteiger partial charge in [-0.15, -0.1) is 0 Å². The molecule has 2 unspecified atom stereocenters. The average Bonchev–Trinajstić information content (AvgIpc) is 2.20. The molecule has 0 amide bonds. The van der Waals surface area contributed by atoms with Crippen LogP contribution in [0.5, 0.6) is 0 Å². The van der Waals surface area contributed by atoms with Crippen molar-refractivity contribution in [2.45, 2.75) is 58.9 Å². The zero-order valence-electron chi connectivity index (χ0n) is 8.77. The Bertz CT molecular complexity index is 140. The third-order valence-corrected chi connectivity index (χ3v) is 3.39. The van der Waals surface area contributed by atoms with Crippen LogP contribution in [0.25, 0.3) is 0 Å². The van der Waals surface area contributed by atoms with Crippen molar-refractivity contribution < 1.29 is 0 Å². The number of hydrogen-bond acceptors (Lipinski definition) is 1. The predicted octanol–water partition coefficient (Wildman–Crippen LogP) is 2.94. The molecule has 0 bridgehead atoms. The molecule has 1 rings (SSSR count). The van der Waals surface area contributed by atoms with Gasteiger partial charge in [0.05, 0.1) is 0 Å². The number of rotatable bonds is 3. The summed E-state index contributed by atoms with van der Waals surface area (Å²) in [5.74, 6) is 0.882. The Morgan fingerprint density at radius 2 is 2.08 bits per heavy atom. The first-order valence-corrected chi connectivity index (χ1v) is 5.32. The lowest BCUT2D eigenvalue weighted by Crippen LogP contribution is -2.18. The van der Waals surface area contributed by atoms with Crippen molar-refractivity contribution in [3.05, 3.63) is 0 Å². The van der Waals surface area contributed by atoms with Crippen molar-refractivity contribution in [3.63, 3.8) is 0 Å². The van der Waals surface area contributed by atoms with Crippen molar-refractivity contribution in [1.82, 2.24) is 0 Å². The zero-order valence-corrected chi connectivity index (χ0v) is 8.77. The number of hydrogen-bond donors (Lipinski definition) is 1. The molecule has 0 aromatic heterocycles. The molecule has 0 spiro atoms. The van der Waals surface area contributed by atoms with Crippen molar-refractivity contribution >= 4 is 0 Å². The highest BCUT2D eigenvalue weighted by Crippen LogP contribution is 2.44. The summed E-state index contributed by atoms with van der Waals surface area (Å²) in [7, 11) is 0. The van der Waals surface area contributed by atoms with E-state index in [1.807, 2.05) is 0 Å². The van der Waals surface area contributed by atoms with E-state index in [-0.39, 0.29) is 0 Å². The minimum atomic E-state index is 0.474. The fourth-order valence-corrected chi connectivity index (χ4v) is 2.57. The van der Waals surface area contributed by atoms with Gasteiger partial charge in [-0.2, -0.15) is 0 Å². The van der Waals surface area contributed by atoms with Crippen LogP contribution in [0.3, 0.4) is 0 Å². The van der Waals surface area contributed by atoms with E-state index in [1.54, 1.807) is 0 Å². The van der Waals surface area contributed by atoms with E-state index in [0.29, 0.717) is 11.5 Å². The van der Waals surface area contributed by atoms with Crippen LogP contribution in [0.2, 0.25) is 0 Å². The summed E-state index contributed by atoms with van der Waals surface area (Å²) in [5, 5.41) is 0. The summed E-state index contributed by atoms with van der Waals surface area (Å²) in [6.45, 7) is 7.02. The van der Waals surface area contributed by atoms with E-state index < -0.39 is 0 Å². The summed E-state index contributed by atoms with van der Waals surface area (Å²) in [6, 6.07) is 0.474. The van der Waals surface area contributed by atoms with E-state index in [4.69, 9.17) is 5.73 Å². The maximum atomic E-state index is 5.97. The van der Waals surface area contributed by atoms with E-state index in [9.17, 15) is 0 Å². The lowest BCUT2D eigenvalue weighted by Gasteiger charge is -2.26. The molecular formula is C11H23N. The third-order valence-electron chi connectivity index (χ3n) is 3.39. The van der Waals surface area contributed by atoms with E-state index in [1.165, 1.54) is 32.1 Å². The molecule has 0 aromatic rings. The molecule has 2 atom stereocenters. The Labute approximate surface area is 76.7 Å². The van der Waals surface area contributed by atoms with Gasteiger partial charge in [-0.05, 0) is 30.6 Å². The smallest absolute Gasteiger partial charge is 0.00468 e. The molecule has 1 aliphatic rings. The summed E-state index contributed by atoms with van der Waals surface area (Å²) < 4.78 is 0. The Morgan fingerprint density at radius 3 is 2.50 bits per heavy atom. The van der Waals surface area contributed by atoms with Crippen LogP contribution in [0.4, 0.5) is 0 Å². The summed E-state index contributed by atoms with van der Waals surface area (Å²) >= 11 is 0. The predicted molar refractivity (Wildman–Crippen MR) is 54.0 cm³/mol. The quantitative estimate of drug-likeness (QED) is 0.690. The molecule has 0 saturated heterocycles. The summed E-state index contributed by atoms with van der Waals surface area (Å²) in [4.78, 5) is 0. The Balaban J connectivity index is 2.42. The van der Waals surface area contributed by atoms with Crippen molar-refractivity contribution in [3.8, 4) is 0 Å². The molecule has 0 aromatic carbocycles. The first-order valence-electron chi connectivity index (χ1n) is 5.32. The van der Waals surface area contributed by atoms with Crippen molar-refractivity contribution in [2.75, 3.05) is 0 Å². The number of unbranched alkanes of at least 4 members (excludes halogenated alkanes) is 1. The Hall–Kier alpha value is -0.0400. The van der Waals surface area contributed by atoms with Crippen LogP contribution >= 0.6 is 0 Å². The fraction of sp³-hybridized carbons (Fsp3) is 1.00. The first kappa shape index (κ1) is 10.0. The topological polar surface area (TPSA) is 26.0 Å². The van der Waals surface area contributed by atoms with E-state index >= 15 is 0 Å². The second-order valence-electron chi connectivity index (χ2n) is 5.03. The molecule has 12 heavy (non-hydrogen) atoms. The van der Waals surface area contributed by atoms with E-state index in [2.05, 4.69) is 20.8 Å². The largest absolute Gasteiger partial charge is 0.328 e. The molecule has 0 radical (unpaired) electrons. The molecular weight excluding hydrogens is 146 g/mol. The van der Waals surface area contributed by atoms with Crippen LogP contribution in [0, 0.1) is 11.3 Å². The molecule has 1 heteroatoms. The van der Waals surface area contributed by atoms with Gasteiger partial charge >= 0.3 is 0 Å². The van der Waals surface area contributed by atoms with Crippen LogP contribution in [-0.4, -0.2) is 6.04 Å². The molecule has 1 saturated carbocycles. The monoisotopic (exact) mass is 169 g/mol. The maximum absolute atomic E-state index is 5.97. The molecule has 0 aliphatic heterocycles. The SMILES string of the molecule is CCCCC1CC(N)CC1(C)C. The lowest BCUT2D eigenvalue weighted by molar-refractivity contribution is 0.241. The van der Waals surface area contributed by atoms with Gasteiger partial charge in [-0.1, -0.05) is 33.6 Å². The molecule has 1 nitrogen and oxygen atoms in total. The van der Waals surface area contributed by atoms with Crippen molar-refractivity contribution in [2.24, 2.45) is 17.1 Å². The third kappa shape index (κ3) is 2.22. The summed E-state index contributed by atoms with van der Waals surface area (Å²) in [5.41, 5.74) is 6.48. The number of nitrogens with two attached hydrogens (primary N) is 1. The molecule has 1 fully saturated rings. The fourth-order valence-electron chi connectivity index (χ4n) is 2.57. The highest BCUT2D eigenvalue weighted by molar-refractivity contribution is 4.91. The highest BCUT2D eigenvalue weighted by Gasteiger charge is 2.37. The first-order chi connectivity index (χ1) is 5.56. The van der Waals surface area contributed by atoms with Gasteiger partial charge in [0.15, 0.2) is 0 Å². The lowest BCUT2D eigenvalue weighted by atomic mass is 9.79.